The summed E-state index contributed by atoms with van der Waals surface area (Å²) in [6, 6.07) is 13.7. The molecule has 0 radical (unpaired) electrons. The molecular formula is C19H17N5O2. The van der Waals surface area contributed by atoms with E-state index in [1.54, 1.807) is 42.6 Å². The molecule has 1 aromatic carbocycles. The van der Waals surface area contributed by atoms with Crippen molar-refractivity contribution in [3.8, 4) is 0 Å². The Hall–Kier alpha value is -3.74. The maximum absolute atomic E-state index is 12.4. The Morgan fingerprint density at radius 2 is 1.81 bits per heavy atom. The number of benzene rings is 1. The number of hydrazone groups is 1. The average Bonchev–Trinajstić information content (AvgIpc) is 3.07. The second kappa shape index (κ2) is 7.89. The van der Waals surface area contributed by atoms with Crippen LogP contribution in [0.5, 0.6) is 0 Å². The number of nitrogens with one attached hydrogen (secondary N) is 2. The van der Waals surface area contributed by atoms with E-state index in [1.165, 1.54) is 12.4 Å². The summed E-state index contributed by atoms with van der Waals surface area (Å²) in [6.45, 7) is 0. The van der Waals surface area contributed by atoms with Crippen molar-refractivity contribution < 1.29 is 9.59 Å². The summed E-state index contributed by atoms with van der Waals surface area (Å²) in [6.07, 6.45) is 6.50. The summed E-state index contributed by atoms with van der Waals surface area (Å²) in [4.78, 5) is 28.6. The van der Waals surface area contributed by atoms with Crippen LogP contribution in [-0.4, -0.2) is 27.6 Å². The smallest absolute Gasteiger partial charge is 0.273 e. The van der Waals surface area contributed by atoms with E-state index in [0.717, 1.165) is 5.69 Å². The Morgan fingerprint density at radius 3 is 2.54 bits per heavy atom. The van der Waals surface area contributed by atoms with E-state index in [4.69, 9.17) is 0 Å². The van der Waals surface area contributed by atoms with Crippen LogP contribution in [0.15, 0.2) is 72.2 Å². The number of hydrogen-bond donors (Lipinski definition) is 2. The molecule has 0 aliphatic rings. The van der Waals surface area contributed by atoms with Crippen molar-refractivity contribution in [2.24, 2.45) is 12.1 Å². The number of rotatable bonds is 5. The number of carbonyl (C=O) groups is 2. The summed E-state index contributed by atoms with van der Waals surface area (Å²) < 4.78 is 1.87. The predicted molar refractivity (Wildman–Crippen MR) is 99.1 cm³/mol. The quantitative estimate of drug-likeness (QED) is 0.549. The summed E-state index contributed by atoms with van der Waals surface area (Å²) in [5, 5.41) is 6.70. The molecule has 0 aliphatic carbocycles. The van der Waals surface area contributed by atoms with Crippen LogP contribution in [0.2, 0.25) is 0 Å². The summed E-state index contributed by atoms with van der Waals surface area (Å²) in [7, 11) is 1.88. The van der Waals surface area contributed by atoms with E-state index in [0.29, 0.717) is 16.8 Å². The van der Waals surface area contributed by atoms with Crippen molar-refractivity contribution in [3.63, 3.8) is 0 Å². The topological polar surface area (TPSA) is 88.4 Å². The molecule has 3 aromatic rings. The number of aryl methyl sites for hydroxylation is 1. The van der Waals surface area contributed by atoms with E-state index in [1.807, 2.05) is 29.9 Å². The fraction of sp³-hybridized carbons (Fsp3) is 0.0526. The lowest BCUT2D eigenvalue weighted by Crippen LogP contribution is -2.21. The maximum atomic E-state index is 12.4. The van der Waals surface area contributed by atoms with Gasteiger partial charge in [-0.25, -0.2) is 5.43 Å². The first kappa shape index (κ1) is 17.1. The number of nitrogens with zero attached hydrogens (tertiary/aromatic N) is 3. The van der Waals surface area contributed by atoms with Crippen LogP contribution in [0.4, 0.5) is 5.69 Å². The van der Waals surface area contributed by atoms with Crippen LogP contribution in [0.3, 0.4) is 0 Å². The third-order valence-electron chi connectivity index (χ3n) is 3.71. The van der Waals surface area contributed by atoms with Crippen molar-refractivity contribution in [2.45, 2.75) is 0 Å². The monoisotopic (exact) mass is 347 g/mol. The molecule has 0 fully saturated rings. The highest BCUT2D eigenvalue weighted by atomic mass is 16.2. The fourth-order valence-electron chi connectivity index (χ4n) is 2.31. The zero-order chi connectivity index (χ0) is 18.4. The van der Waals surface area contributed by atoms with Crippen LogP contribution in [0.25, 0.3) is 0 Å². The second-order valence-electron chi connectivity index (χ2n) is 5.48. The molecule has 0 bridgehead atoms. The van der Waals surface area contributed by atoms with Gasteiger partial charge in [0.05, 0.1) is 23.2 Å². The lowest BCUT2D eigenvalue weighted by molar-refractivity contribution is 0.0956. The number of para-hydroxylation sites is 1. The summed E-state index contributed by atoms with van der Waals surface area (Å²) in [5.74, 6) is -0.735. The zero-order valence-corrected chi connectivity index (χ0v) is 14.1. The Labute approximate surface area is 150 Å². The van der Waals surface area contributed by atoms with Gasteiger partial charge >= 0.3 is 0 Å². The first-order chi connectivity index (χ1) is 12.6. The average molecular weight is 347 g/mol. The van der Waals surface area contributed by atoms with Gasteiger partial charge in [0, 0.05) is 31.2 Å². The number of hydrogen-bond acceptors (Lipinski definition) is 4. The van der Waals surface area contributed by atoms with Gasteiger partial charge in [-0.1, -0.05) is 12.1 Å². The molecule has 2 aromatic heterocycles. The van der Waals surface area contributed by atoms with Gasteiger partial charge in [0.15, 0.2) is 0 Å². The molecule has 3 rings (SSSR count). The Bertz CT molecular complexity index is 947. The van der Waals surface area contributed by atoms with Gasteiger partial charge in [-0.15, -0.1) is 0 Å². The molecule has 0 aliphatic heterocycles. The first-order valence-electron chi connectivity index (χ1n) is 7.90. The van der Waals surface area contributed by atoms with E-state index >= 15 is 0 Å². The van der Waals surface area contributed by atoms with E-state index in [9.17, 15) is 9.59 Å². The van der Waals surface area contributed by atoms with Gasteiger partial charge in [0.25, 0.3) is 11.8 Å². The van der Waals surface area contributed by atoms with Crippen molar-refractivity contribution in [1.82, 2.24) is 15.0 Å². The number of aromatic nitrogens is 2. The van der Waals surface area contributed by atoms with Crippen molar-refractivity contribution >= 4 is 23.7 Å². The second-order valence-corrected chi connectivity index (χ2v) is 5.48. The molecule has 7 nitrogen and oxygen atoms in total. The van der Waals surface area contributed by atoms with Crippen LogP contribution in [-0.2, 0) is 7.05 Å². The molecule has 0 unspecified atom stereocenters. The molecule has 7 heteroatoms. The standard InChI is InChI=1S/C19H17N5O2/c1-24-12-4-5-15(24)13-21-23-19(26)16-6-2-3-7-17(16)22-18(25)14-8-10-20-11-9-14/h2-13H,1H3,(H,22,25)(H,23,26). The molecule has 2 amide bonds. The molecule has 0 spiro atoms. The van der Waals surface area contributed by atoms with Crippen molar-refractivity contribution in [3.05, 3.63) is 83.9 Å². The minimum absolute atomic E-state index is 0.318. The van der Waals surface area contributed by atoms with Crippen LogP contribution in [0, 0.1) is 0 Å². The minimum Gasteiger partial charge on any atom is -0.350 e. The zero-order valence-electron chi connectivity index (χ0n) is 14.1. The highest BCUT2D eigenvalue weighted by Gasteiger charge is 2.13. The SMILES string of the molecule is Cn1cccc1C=NNC(=O)c1ccccc1NC(=O)c1ccncc1. The fourth-order valence-corrected chi connectivity index (χ4v) is 2.31. The van der Waals surface area contributed by atoms with E-state index in [-0.39, 0.29) is 5.91 Å². The maximum Gasteiger partial charge on any atom is 0.273 e. The lowest BCUT2D eigenvalue weighted by atomic mass is 10.1. The third kappa shape index (κ3) is 4.02. The van der Waals surface area contributed by atoms with Crippen LogP contribution < -0.4 is 10.7 Å². The molecule has 26 heavy (non-hydrogen) atoms. The number of amides is 2. The van der Waals surface area contributed by atoms with Gasteiger partial charge in [0.1, 0.15) is 0 Å². The number of pyridine rings is 1. The van der Waals surface area contributed by atoms with Crippen LogP contribution >= 0.6 is 0 Å². The first-order valence-corrected chi connectivity index (χ1v) is 7.90. The largest absolute Gasteiger partial charge is 0.350 e. The molecule has 0 saturated carbocycles. The minimum atomic E-state index is -0.416. The van der Waals surface area contributed by atoms with E-state index < -0.39 is 5.91 Å². The number of carbonyl (C=O) groups excluding carboxylic acids is 2. The summed E-state index contributed by atoms with van der Waals surface area (Å²) >= 11 is 0. The molecule has 2 heterocycles. The third-order valence-corrected chi connectivity index (χ3v) is 3.71. The van der Waals surface area contributed by atoms with Gasteiger partial charge < -0.3 is 9.88 Å². The lowest BCUT2D eigenvalue weighted by Gasteiger charge is -2.10. The predicted octanol–water partition coefficient (Wildman–Crippen LogP) is 2.44. The molecule has 0 saturated heterocycles. The van der Waals surface area contributed by atoms with Gasteiger partial charge in [-0.3, -0.25) is 14.6 Å². The molecule has 2 N–H and O–H groups in total. The van der Waals surface area contributed by atoms with Gasteiger partial charge in [-0.2, -0.15) is 5.10 Å². The van der Waals surface area contributed by atoms with Gasteiger partial charge in [0.2, 0.25) is 0 Å². The highest BCUT2D eigenvalue weighted by molar-refractivity contribution is 6.09. The van der Waals surface area contributed by atoms with Crippen molar-refractivity contribution in [2.75, 3.05) is 5.32 Å². The Morgan fingerprint density at radius 1 is 1.04 bits per heavy atom. The molecule has 130 valence electrons. The molecule has 0 atom stereocenters. The van der Waals surface area contributed by atoms with E-state index in [2.05, 4.69) is 20.8 Å². The van der Waals surface area contributed by atoms with Crippen LogP contribution in [0.1, 0.15) is 26.4 Å². The summed E-state index contributed by atoms with van der Waals surface area (Å²) in [5.41, 5.74) is 4.50. The molecular weight excluding hydrogens is 330 g/mol. The Balaban J connectivity index is 1.72. The van der Waals surface area contributed by atoms with Crippen molar-refractivity contribution in [1.29, 1.82) is 0 Å². The normalized spacial score (nSPS) is 10.7. The van der Waals surface area contributed by atoms with Gasteiger partial charge in [-0.05, 0) is 36.4 Å². The number of anilines is 1. The Kier molecular flexibility index (Phi) is 5.19. The highest BCUT2D eigenvalue weighted by Crippen LogP contribution is 2.16.